The van der Waals surface area contributed by atoms with Crippen LogP contribution in [0, 0.1) is 0 Å². The molecule has 4 rings (SSSR count). The average molecular weight is 488 g/mol. The van der Waals surface area contributed by atoms with Gasteiger partial charge < -0.3 is 4.74 Å². The lowest BCUT2D eigenvalue weighted by molar-refractivity contribution is -0.140. The first kappa shape index (κ1) is 22.3. The maximum absolute atomic E-state index is 13.6. The van der Waals surface area contributed by atoms with Gasteiger partial charge in [-0.05, 0) is 40.8 Å². The van der Waals surface area contributed by atoms with Crippen molar-refractivity contribution in [1.29, 1.82) is 0 Å². The summed E-state index contributed by atoms with van der Waals surface area (Å²) < 4.78 is 73.4. The minimum atomic E-state index is -4.56. The molecule has 4 nitrogen and oxygen atoms in total. The molecule has 1 aliphatic heterocycles. The molecular formula is C21H17ClF3NO3S2. The van der Waals surface area contributed by atoms with Gasteiger partial charge in [-0.25, -0.2) is 8.42 Å². The first-order valence-electron chi connectivity index (χ1n) is 9.25. The van der Waals surface area contributed by atoms with Gasteiger partial charge in [0.1, 0.15) is 6.10 Å². The summed E-state index contributed by atoms with van der Waals surface area (Å²) >= 11 is 7.21. The second-order valence-corrected chi connectivity index (χ2v) is 10.2. The number of hydrogen-bond acceptors (Lipinski definition) is 4. The maximum Gasteiger partial charge on any atom is 0.416 e. The van der Waals surface area contributed by atoms with E-state index < -0.39 is 34.0 Å². The monoisotopic (exact) mass is 487 g/mol. The highest BCUT2D eigenvalue weighted by molar-refractivity contribution is 7.89. The summed E-state index contributed by atoms with van der Waals surface area (Å²) in [5.74, 6) is 0. The molecule has 10 heteroatoms. The molecule has 0 bridgehead atoms. The van der Waals surface area contributed by atoms with Crippen molar-refractivity contribution in [2.45, 2.75) is 23.3 Å². The lowest BCUT2D eigenvalue weighted by Crippen LogP contribution is -2.54. The highest BCUT2D eigenvalue weighted by Gasteiger charge is 2.41. The van der Waals surface area contributed by atoms with Crippen LogP contribution in [0.15, 0.2) is 70.3 Å². The minimum Gasteiger partial charge on any atom is -0.363 e. The Morgan fingerprint density at radius 1 is 1.06 bits per heavy atom. The van der Waals surface area contributed by atoms with E-state index in [0.717, 1.165) is 6.07 Å². The van der Waals surface area contributed by atoms with Gasteiger partial charge in [0.15, 0.2) is 0 Å². The van der Waals surface area contributed by atoms with Crippen molar-refractivity contribution in [3.05, 3.63) is 87.1 Å². The molecule has 0 aliphatic carbocycles. The lowest BCUT2D eigenvalue weighted by Gasteiger charge is -2.40. The van der Waals surface area contributed by atoms with Crippen LogP contribution in [0.5, 0.6) is 0 Å². The van der Waals surface area contributed by atoms with Crippen LogP contribution < -0.4 is 0 Å². The van der Waals surface area contributed by atoms with Gasteiger partial charge in [0, 0.05) is 23.5 Å². The third kappa shape index (κ3) is 4.65. The number of rotatable bonds is 6. The molecule has 3 aromatic rings. The molecule has 1 aromatic heterocycles. The van der Waals surface area contributed by atoms with Gasteiger partial charge in [-0.1, -0.05) is 41.9 Å². The van der Waals surface area contributed by atoms with E-state index in [1.165, 1.54) is 39.9 Å². The maximum atomic E-state index is 13.6. The molecular weight excluding hydrogens is 471 g/mol. The predicted molar refractivity (Wildman–Crippen MR) is 113 cm³/mol. The molecule has 0 saturated carbocycles. The Hall–Kier alpha value is -1.91. The molecule has 1 unspecified atom stereocenters. The predicted octanol–water partition coefficient (Wildman–Crippen LogP) is 5.60. The van der Waals surface area contributed by atoms with Crippen molar-refractivity contribution in [3.63, 3.8) is 0 Å². The molecule has 164 valence electrons. The van der Waals surface area contributed by atoms with Crippen LogP contribution >= 0.6 is 22.9 Å². The number of sulfonamides is 1. The quantitative estimate of drug-likeness (QED) is 0.454. The van der Waals surface area contributed by atoms with Crippen LogP contribution in [0.3, 0.4) is 0 Å². The Labute approximate surface area is 186 Å². The molecule has 1 saturated heterocycles. The van der Waals surface area contributed by atoms with E-state index >= 15 is 0 Å². The smallest absolute Gasteiger partial charge is 0.363 e. The summed E-state index contributed by atoms with van der Waals surface area (Å²) in [6.45, 7) is 0.132. The summed E-state index contributed by atoms with van der Waals surface area (Å²) in [4.78, 5) is 0.201. The topological polar surface area (TPSA) is 46.6 Å². The second-order valence-electron chi connectivity index (χ2n) is 7.06. The molecule has 0 spiro atoms. The second kappa shape index (κ2) is 8.55. The van der Waals surface area contributed by atoms with Crippen molar-refractivity contribution in [3.8, 4) is 0 Å². The zero-order valence-electron chi connectivity index (χ0n) is 15.9. The van der Waals surface area contributed by atoms with Crippen molar-refractivity contribution < 1.29 is 26.3 Å². The summed E-state index contributed by atoms with van der Waals surface area (Å²) in [6.07, 6.45) is -6.13. The van der Waals surface area contributed by atoms with Crippen molar-refractivity contribution in [2.24, 2.45) is 0 Å². The molecule has 1 fully saturated rings. The summed E-state index contributed by atoms with van der Waals surface area (Å²) in [6, 6.07) is 13.1. The average Bonchev–Trinajstić information content (AvgIpc) is 3.23. The number of hydrogen-bond donors (Lipinski definition) is 0. The fourth-order valence-electron chi connectivity index (χ4n) is 3.38. The Morgan fingerprint density at radius 3 is 2.35 bits per heavy atom. The highest BCUT2D eigenvalue weighted by atomic mass is 35.5. The Bertz CT molecular complexity index is 1140. The van der Waals surface area contributed by atoms with Gasteiger partial charge in [0.2, 0.25) is 10.0 Å². The molecule has 0 radical (unpaired) electrons. The highest BCUT2D eigenvalue weighted by Crippen LogP contribution is 2.39. The third-order valence-corrected chi connectivity index (χ3v) is 7.91. The molecule has 31 heavy (non-hydrogen) atoms. The van der Waals surface area contributed by atoms with Gasteiger partial charge in [-0.15, -0.1) is 0 Å². The fourth-order valence-corrected chi connectivity index (χ4v) is 6.02. The van der Waals surface area contributed by atoms with Crippen LogP contribution in [0.4, 0.5) is 13.2 Å². The van der Waals surface area contributed by atoms with Crippen LogP contribution in [0.2, 0.25) is 5.02 Å². The van der Waals surface area contributed by atoms with Crippen LogP contribution in [-0.4, -0.2) is 31.9 Å². The standard InChI is InChI=1S/C21H17ClF3NO3S2/c22-15-7-5-14(6-8-15)20(18-3-1-2-4-19(18)21(23,24)25)29-16-11-26(12-16)31(27,28)17-9-10-30-13-17/h1-10,13,16,20H,11-12H2. The van der Waals surface area contributed by atoms with Gasteiger partial charge in [-0.3, -0.25) is 0 Å². The summed E-state index contributed by atoms with van der Waals surface area (Å²) in [5.41, 5.74) is -0.325. The van der Waals surface area contributed by atoms with E-state index in [1.54, 1.807) is 35.0 Å². The summed E-state index contributed by atoms with van der Waals surface area (Å²) in [5, 5.41) is 3.66. The molecule has 2 heterocycles. The van der Waals surface area contributed by atoms with E-state index in [4.69, 9.17) is 16.3 Å². The first-order valence-corrected chi connectivity index (χ1v) is 12.0. The minimum absolute atomic E-state index is 0.0311. The number of thiophene rings is 1. The summed E-state index contributed by atoms with van der Waals surface area (Å²) in [7, 11) is -3.63. The van der Waals surface area contributed by atoms with E-state index in [2.05, 4.69) is 0 Å². The lowest BCUT2D eigenvalue weighted by atomic mass is 9.96. The Morgan fingerprint density at radius 2 is 1.74 bits per heavy atom. The molecule has 1 aliphatic rings. The number of nitrogens with zero attached hydrogens (tertiary/aromatic N) is 1. The van der Waals surface area contributed by atoms with Crippen molar-refractivity contribution in [1.82, 2.24) is 4.31 Å². The van der Waals surface area contributed by atoms with E-state index in [0.29, 0.717) is 10.6 Å². The van der Waals surface area contributed by atoms with E-state index in [1.807, 2.05) is 0 Å². The van der Waals surface area contributed by atoms with Crippen LogP contribution in [0.1, 0.15) is 22.8 Å². The Kier molecular flexibility index (Phi) is 6.15. The largest absolute Gasteiger partial charge is 0.416 e. The molecule has 2 aromatic carbocycles. The molecule has 0 amide bonds. The van der Waals surface area contributed by atoms with Gasteiger partial charge in [0.25, 0.3) is 0 Å². The number of alkyl halides is 3. The van der Waals surface area contributed by atoms with Gasteiger partial charge in [-0.2, -0.15) is 28.8 Å². The number of ether oxygens (including phenoxy) is 1. The van der Waals surface area contributed by atoms with Crippen LogP contribution in [-0.2, 0) is 20.9 Å². The van der Waals surface area contributed by atoms with Crippen molar-refractivity contribution in [2.75, 3.05) is 13.1 Å². The van der Waals surface area contributed by atoms with E-state index in [9.17, 15) is 21.6 Å². The first-order chi connectivity index (χ1) is 14.7. The van der Waals surface area contributed by atoms with Gasteiger partial charge >= 0.3 is 6.18 Å². The number of halogens is 4. The zero-order chi connectivity index (χ0) is 22.2. The molecule has 0 N–H and O–H groups in total. The van der Waals surface area contributed by atoms with Crippen molar-refractivity contribution >= 4 is 33.0 Å². The SMILES string of the molecule is O=S(=O)(c1ccsc1)N1CC(OC(c2ccc(Cl)cc2)c2ccccc2C(F)(F)F)C1. The molecule has 1 atom stereocenters. The van der Waals surface area contributed by atoms with E-state index in [-0.39, 0.29) is 23.5 Å². The normalized spacial score (nSPS) is 16.8. The zero-order valence-corrected chi connectivity index (χ0v) is 18.3. The fraction of sp³-hybridized carbons (Fsp3) is 0.238. The Balaban J connectivity index is 1.60. The third-order valence-electron chi connectivity index (χ3n) is 5.00. The number of benzene rings is 2. The van der Waals surface area contributed by atoms with Gasteiger partial charge in [0.05, 0.1) is 16.6 Å². The van der Waals surface area contributed by atoms with Crippen LogP contribution in [0.25, 0.3) is 0 Å².